The molecule has 2 aliphatic rings. The van der Waals surface area contributed by atoms with Crippen LogP contribution in [-0.2, 0) is 19.2 Å². The number of aliphatic carboxylic acids is 1. The van der Waals surface area contributed by atoms with E-state index in [0.717, 1.165) is 6.42 Å². The Morgan fingerprint density at radius 2 is 1.66 bits per heavy atom. The van der Waals surface area contributed by atoms with Crippen molar-refractivity contribution >= 4 is 36.3 Å². The first-order chi connectivity index (χ1) is 13.7. The van der Waals surface area contributed by atoms with E-state index in [2.05, 4.69) is 17.9 Å². The fourth-order valence-electron chi connectivity index (χ4n) is 3.93. The predicted molar refractivity (Wildman–Crippen MR) is 110 cm³/mol. The van der Waals surface area contributed by atoms with E-state index < -0.39 is 42.0 Å². The van der Waals surface area contributed by atoms with Gasteiger partial charge in [-0.2, -0.15) is 12.6 Å². The number of amides is 3. The van der Waals surface area contributed by atoms with E-state index in [4.69, 9.17) is 5.73 Å². The number of likely N-dealkylation sites (tertiary alicyclic amines) is 2. The summed E-state index contributed by atoms with van der Waals surface area (Å²) in [7, 11) is 0. The van der Waals surface area contributed by atoms with Crippen molar-refractivity contribution in [1.29, 1.82) is 0 Å². The van der Waals surface area contributed by atoms with Gasteiger partial charge in [-0.25, -0.2) is 4.79 Å². The van der Waals surface area contributed by atoms with Crippen LogP contribution in [0.5, 0.6) is 0 Å². The molecule has 2 aliphatic heterocycles. The molecule has 2 heterocycles. The van der Waals surface area contributed by atoms with Crippen molar-refractivity contribution in [3.8, 4) is 0 Å². The molecule has 29 heavy (non-hydrogen) atoms. The fraction of sp³-hybridized carbons (Fsp3) is 0.789. The highest BCUT2D eigenvalue weighted by molar-refractivity contribution is 7.80. The van der Waals surface area contributed by atoms with Crippen LogP contribution in [0.3, 0.4) is 0 Å². The molecule has 2 saturated heterocycles. The molecule has 0 aromatic heterocycles. The van der Waals surface area contributed by atoms with E-state index in [9.17, 15) is 24.3 Å². The lowest BCUT2D eigenvalue weighted by Gasteiger charge is -2.31. The Morgan fingerprint density at radius 3 is 2.17 bits per heavy atom. The minimum absolute atomic E-state index is 0.00157. The number of hydrogen-bond donors (Lipinski definition) is 4. The highest BCUT2D eigenvalue weighted by Crippen LogP contribution is 2.22. The maximum atomic E-state index is 12.9. The third-order valence-corrected chi connectivity index (χ3v) is 6.36. The zero-order valence-corrected chi connectivity index (χ0v) is 17.9. The first-order valence-electron chi connectivity index (χ1n) is 10.2. The molecular formula is C19H32N4O5S. The van der Waals surface area contributed by atoms with Gasteiger partial charge in [0.2, 0.25) is 17.7 Å². The molecule has 0 aromatic carbocycles. The van der Waals surface area contributed by atoms with E-state index in [0.29, 0.717) is 38.8 Å². The number of carbonyl (C=O) groups excluding carboxylic acids is 3. The number of carboxylic acid groups (broad SMARTS) is 1. The molecule has 164 valence electrons. The molecule has 4 N–H and O–H groups in total. The summed E-state index contributed by atoms with van der Waals surface area (Å²) in [5, 5.41) is 12.0. The average molecular weight is 429 g/mol. The smallest absolute Gasteiger partial charge is 0.326 e. The molecule has 2 rings (SSSR count). The van der Waals surface area contributed by atoms with Crippen LogP contribution in [0.25, 0.3) is 0 Å². The van der Waals surface area contributed by atoms with E-state index in [1.54, 1.807) is 0 Å². The Labute approximate surface area is 176 Å². The van der Waals surface area contributed by atoms with Gasteiger partial charge in [0, 0.05) is 18.8 Å². The average Bonchev–Trinajstić information content (AvgIpc) is 3.39. The first-order valence-corrected chi connectivity index (χ1v) is 10.9. The van der Waals surface area contributed by atoms with Crippen LogP contribution in [0.1, 0.15) is 46.0 Å². The molecule has 0 aromatic rings. The van der Waals surface area contributed by atoms with E-state index in [1.807, 2.05) is 13.8 Å². The molecular weight excluding hydrogens is 396 g/mol. The zero-order chi connectivity index (χ0) is 21.7. The number of hydrogen-bond acceptors (Lipinski definition) is 6. The molecule has 2 fully saturated rings. The van der Waals surface area contributed by atoms with Gasteiger partial charge in [-0.1, -0.05) is 20.3 Å². The summed E-state index contributed by atoms with van der Waals surface area (Å²) in [6.45, 7) is 4.65. The van der Waals surface area contributed by atoms with Gasteiger partial charge in [0.1, 0.15) is 18.1 Å². The van der Waals surface area contributed by atoms with Crippen LogP contribution < -0.4 is 11.1 Å². The van der Waals surface area contributed by atoms with Crippen LogP contribution in [-0.4, -0.2) is 81.6 Å². The lowest BCUT2D eigenvalue weighted by molar-refractivity contribution is -0.149. The standard InChI is InChI=1S/C19H32N4O5S/c1-3-11(2)15(20)18(26)22-8-4-6-13(22)16(24)21-12(10-29)17(25)23-9-5-7-14(23)19(27)28/h11-15,29H,3-10,20H2,1-2H3,(H,21,24)(H,27,28). The van der Waals surface area contributed by atoms with Crippen molar-refractivity contribution in [2.24, 2.45) is 11.7 Å². The molecule has 5 atom stereocenters. The summed E-state index contributed by atoms with van der Waals surface area (Å²) in [6, 6.07) is -3.16. The van der Waals surface area contributed by atoms with Gasteiger partial charge in [0.05, 0.1) is 6.04 Å². The molecule has 0 saturated carbocycles. The number of rotatable bonds is 8. The van der Waals surface area contributed by atoms with Crippen LogP contribution in [0.15, 0.2) is 0 Å². The maximum absolute atomic E-state index is 12.9. The molecule has 0 bridgehead atoms. The number of thiol groups is 1. The number of nitrogens with zero attached hydrogens (tertiary/aromatic N) is 2. The summed E-state index contributed by atoms with van der Waals surface area (Å²) in [6.07, 6.45) is 2.94. The van der Waals surface area contributed by atoms with Gasteiger partial charge in [0.15, 0.2) is 0 Å². The quantitative estimate of drug-likeness (QED) is 0.397. The minimum atomic E-state index is -1.05. The lowest BCUT2D eigenvalue weighted by Crippen LogP contribution is -2.57. The number of carbonyl (C=O) groups is 4. The zero-order valence-electron chi connectivity index (χ0n) is 17.0. The highest BCUT2D eigenvalue weighted by Gasteiger charge is 2.40. The van der Waals surface area contributed by atoms with Gasteiger partial charge >= 0.3 is 5.97 Å². The molecule has 0 spiro atoms. The van der Waals surface area contributed by atoms with Crippen LogP contribution in [0.4, 0.5) is 0 Å². The fourth-order valence-corrected chi connectivity index (χ4v) is 4.18. The Hall–Kier alpha value is -1.81. The van der Waals surface area contributed by atoms with Crippen molar-refractivity contribution in [2.75, 3.05) is 18.8 Å². The van der Waals surface area contributed by atoms with E-state index in [-0.39, 0.29) is 17.6 Å². The first kappa shape index (κ1) is 23.5. The second-order valence-electron chi connectivity index (χ2n) is 7.87. The molecule has 10 heteroatoms. The van der Waals surface area contributed by atoms with Crippen molar-refractivity contribution in [1.82, 2.24) is 15.1 Å². The third-order valence-electron chi connectivity index (χ3n) is 6.00. The monoisotopic (exact) mass is 428 g/mol. The lowest BCUT2D eigenvalue weighted by atomic mass is 9.98. The van der Waals surface area contributed by atoms with Crippen molar-refractivity contribution in [2.45, 2.75) is 70.1 Å². The molecule has 0 radical (unpaired) electrons. The Kier molecular flexibility index (Phi) is 8.33. The van der Waals surface area contributed by atoms with Gasteiger partial charge < -0.3 is 26.0 Å². The Bertz CT molecular complexity index is 646. The van der Waals surface area contributed by atoms with Gasteiger partial charge in [-0.05, 0) is 31.6 Å². The SMILES string of the molecule is CCC(C)C(N)C(=O)N1CCCC1C(=O)NC(CS)C(=O)N1CCCC1C(=O)O. The molecule has 0 aliphatic carbocycles. The van der Waals surface area contributed by atoms with Crippen molar-refractivity contribution in [3.05, 3.63) is 0 Å². The summed E-state index contributed by atoms with van der Waals surface area (Å²) in [4.78, 5) is 52.6. The second kappa shape index (κ2) is 10.3. The third kappa shape index (κ3) is 5.22. The Balaban J connectivity index is 2.05. The van der Waals surface area contributed by atoms with E-state index in [1.165, 1.54) is 9.80 Å². The summed E-state index contributed by atoms with van der Waals surface area (Å²) in [5.41, 5.74) is 6.06. The number of carboxylic acids is 1. The minimum Gasteiger partial charge on any atom is -0.480 e. The largest absolute Gasteiger partial charge is 0.480 e. The Morgan fingerprint density at radius 1 is 1.10 bits per heavy atom. The normalized spacial score (nSPS) is 24.8. The van der Waals surface area contributed by atoms with Crippen LogP contribution in [0.2, 0.25) is 0 Å². The van der Waals surface area contributed by atoms with Crippen LogP contribution >= 0.6 is 12.6 Å². The second-order valence-corrected chi connectivity index (χ2v) is 8.24. The van der Waals surface area contributed by atoms with Gasteiger partial charge in [-0.3, -0.25) is 14.4 Å². The van der Waals surface area contributed by atoms with Crippen molar-refractivity contribution < 1.29 is 24.3 Å². The van der Waals surface area contributed by atoms with Crippen LogP contribution in [0, 0.1) is 5.92 Å². The molecule has 3 amide bonds. The van der Waals surface area contributed by atoms with Crippen molar-refractivity contribution in [3.63, 3.8) is 0 Å². The summed E-state index contributed by atoms with van der Waals surface area (Å²) >= 11 is 4.17. The molecule has 9 nitrogen and oxygen atoms in total. The molecule has 5 unspecified atom stereocenters. The number of nitrogens with one attached hydrogen (secondary N) is 1. The summed E-state index contributed by atoms with van der Waals surface area (Å²) in [5.74, 6) is -2.14. The highest BCUT2D eigenvalue weighted by atomic mass is 32.1. The topological polar surface area (TPSA) is 133 Å². The maximum Gasteiger partial charge on any atom is 0.326 e. The summed E-state index contributed by atoms with van der Waals surface area (Å²) < 4.78 is 0. The van der Waals surface area contributed by atoms with Gasteiger partial charge in [-0.15, -0.1) is 0 Å². The van der Waals surface area contributed by atoms with Gasteiger partial charge in [0.25, 0.3) is 0 Å². The number of nitrogens with two attached hydrogens (primary N) is 1. The van der Waals surface area contributed by atoms with E-state index >= 15 is 0 Å². The predicted octanol–water partition coefficient (Wildman–Crippen LogP) is -0.159.